The first-order chi connectivity index (χ1) is 18.4. The third-order valence-corrected chi connectivity index (χ3v) is 5.29. The largest absolute Gasteiger partial charge is 3.00 e. The van der Waals surface area contributed by atoms with Gasteiger partial charge >= 0.3 is 52.4 Å². The van der Waals surface area contributed by atoms with Gasteiger partial charge in [-0.2, -0.15) is 0 Å². The molecule has 0 aliphatic heterocycles. The molecule has 0 aliphatic carbocycles. The smallest absolute Gasteiger partial charge is 0.550 e. The van der Waals surface area contributed by atoms with Crippen molar-refractivity contribution in [3.8, 4) is 0 Å². The molecule has 4 radical (unpaired) electrons. The summed E-state index contributed by atoms with van der Waals surface area (Å²) in [6.07, 6.45) is 11.8. The molecule has 0 fully saturated rings. The quantitative estimate of drug-likeness (QED) is 0.0690. The Balaban J connectivity index is -0.000000154. The topological polar surface area (TPSA) is 241 Å². The molecule has 0 saturated carbocycles. The fourth-order valence-electron chi connectivity index (χ4n) is 3.21. The summed E-state index contributed by atoms with van der Waals surface area (Å²) in [5.74, 6) is -6.11. The molecule has 0 amide bonds. The summed E-state index contributed by atoms with van der Waals surface area (Å²) in [5.41, 5.74) is 0. The second kappa shape index (κ2) is 38.6. The normalized spacial score (nSPS) is 9.37. The van der Waals surface area contributed by atoms with Crippen LogP contribution in [-0.4, -0.2) is 88.2 Å². The van der Waals surface area contributed by atoms with Crippen LogP contribution in [0, 0.1) is 0 Å². The standard InChI is InChI=1S/3C9H16O4.2Bi/c3*10-8(11)6-4-2-1-3-5-7-9(12)13;;/h3*1-7H2,(H,10,11)(H,12,13);;/q;;;2*+3/p-6. The number of carbonyl (C=O) groups excluding carboxylic acids is 6. The van der Waals surface area contributed by atoms with Gasteiger partial charge in [0.15, 0.2) is 0 Å². The third-order valence-electron chi connectivity index (χ3n) is 5.29. The maximum atomic E-state index is 9.98. The van der Waals surface area contributed by atoms with Gasteiger partial charge < -0.3 is 59.4 Å². The summed E-state index contributed by atoms with van der Waals surface area (Å²) in [5, 5.41) is 59.9. The summed E-state index contributed by atoms with van der Waals surface area (Å²) in [6.45, 7) is 0. The minimum Gasteiger partial charge on any atom is -0.550 e. The fourth-order valence-corrected chi connectivity index (χ4v) is 3.21. The Kier molecular flexibility index (Phi) is 46.4. The van der Waals surface area contributed by atoms with Gasteiger partial charge in [0.1, 0.15) is 0 Å². The van der Waals surface area contributed by atoms with E-state index in [0.717, 1.165) is 57.8 Å². The van der Waals surface area contributed by atoms with Crippen LogP contribution in [0.15, 0.2) is 0 Å². The van der Waals surface area contributed by atoms with Crippen molar-refractivity contribution in [1.82, 2.24) is 0 Å². The summed E-state index contributed by atoms with van der Waals surface area (Å²) in [7, 11) is 0. The van der Waals surface area contributed by atoms with Gasteiger partial charge in [0, 0.05) is 35.8 Å². The minimum atomic E-state index is -1.02. The maximum Gasteiger partial charge on any atom is 3.00 e. The number of aliphatic carboxylic acids is 6. The summed E-state index contributed by atoms with van der Waals surface area (Å²) in [6, 6.07) is 0. The number of carbonyl (C=O) groups is 6. The van der Waals surface area contributed by atoms with Crippen molar-refractivity contribution in [3.05, 3.63) is 0 Å². The van der Waals surface area contributed by atoms with E-state index < -0.39 is 35.8 Å². The average molecular weight is 977 g/mol. The number of carboxylic acids is 6. The fraction of sp³-hybridized carbons (Fsp3) is 0.778. The van der Waals surface area contributed by atoms with Crippen molar-refractivity contribution >= 4 is 88.2 Å². The molecule has 0 aromatic carbocycles. The Hall–Kier alpha value is -1.41. The number of carboxylic acid groups (broad SMARTS) is 6. The van der Waals surface area contributed by atoms with Gasteiger partial charge in [0.2, 0.25) is 0 Å². The number of hydrogen-bond acceptors (Lipinski definition) is 12. The number of rotatable bonds is 24. The second-order valence-corrected chi connectivity index (χ2v) is 9.04. The first kappa shape index (κ1) is 49.3. The van der Waals surface area contributed by atoms with Crippen LogP contribution in [0.5, 0.6) is 0 Å². The van der Waals surface area contributed by atoms with Crippen LogP contribution >= 0.6 is 0 Å². The Morgan fingerprint density at radius 3 is 0.439 bits per heavy atom. The van der Waals surface area contributed by atoms with Crippen LogP contribution in [0.25, 0.3) is 0 Å². The molecule has 14 heteroatoms. The van der Waals surface area contributed by atoms with Crippen LogP contribution in [0.4, 0.5) is 0 Å². The van der Waals surface area contributed by atoms with E-state index in [1.54, 1.807) is 0 Å². The van der Waals surface area contributed by atoms with Crippen LogP contribution in [0.1, 0.15) is 135 Å². The molecular weight excluding hydrogens is 934 g/mol. The van der Waals surface area contributed by atoms with E-state index in [1.165, 1.54) is 0 Å². The van der Waals surface area contributed by atoms with Gasteiger partial charge in [0.25, 0.3) is 0 Å². The molecule has 0 N–H and O–H groups in total. The van der Waals surface area contributed by atoms with Crippen molar-refractivity contribution in [2.24, 2.45) is 0 Å². The van der Waals surface area contributed by atoms with E-state index in [2.05, 4.69) is 0 Å². The predicted molar refractivity (Wildman–Crippen MR) is 139 cm³/mol. The molecule has 0 aromatic heterocycles. The molecular formula is C27H42Bi2O12. The molecule has 0 spiro atoms. The Bertz CT molecular complexity index is 543. The van der Waals surface area contributed by atoms with Crippen molar-refractivity contribution in [2.75, 3.05) is 0 Å². The molecule has 0 atom stereocenters. The van der Waals surface area contributed by atoms with Crippen LogP contribution in [0.3, 0.4) is 0 Å². The molecule has 0 rings (SSSR count). The Morgan fingerprint density at radius 1 is 0.244 bits per heavy atom. The molecule has 0 aliphatic rings. The zero-order valence-electron chi connectivity index (χ0n) is 23.6. The molecule has 12 nitrogen and oxygen atoms in total. The molecule has 0 unspecified atom stereocenters. The van der Waals surface area contributed by atoms with Crippen LogP contribution in [0.2, 0.25) is 0 Å². The molecule has 0 bridgehead atoms. The van der Waals surface area contributed by atoms with Gasteiger partial charge in [-0.1, -0.05) is 57.8 Å². The van der Waals surface area contributed by atoms with Crippen LogP contribution < -0.4 is 30.6 Å². The SMILES string of the molecule is O=C([O-])CCCCCCCC(=O)[O-].O=C([O-])CCCCCCCC(=O)[O-].O=C([O-])CCCCCCCC(=O)[O-].[Bi+3].[Bi+3]. The molecule has 41 heavy (non-hydrogen) atoms. The zero-order chi connectivity index (χ0) is 30.3. The van der Waals surface area contributed by atoms with Gasteiger partial charge in [-0.05, 0) is 77.0 Å². The number of unbranched alkanes of at least 4 members (excludes halogenated alkanes) is 12. The maximum absolute atomic E-state index is 9.98. The van der Waals surface area contributed by atoms with Crippen molar-refractivity contribution in [2.45, 2.75) is 135 Å². The van der Waals surface area contributed by atoms with E-state index in [-0.39, 0.29) is 90.9 Å². The van der Waals surface area contributed by atoms with E-state index in [9.17, 15) is 59.4 Å². The molecule has 0 saturated heterocycles. The summed E-state index contributed by atoms with van der Waals surface area (Å²) < 4.78 is 0. The molecule has 0 heterocycles. The van der Waals surface area contributed by atoms with E-state index in [1.807, 2.05) is 0 Å². The van der Waals surface area contributed by atoms with Gasteiger partial charge in [-0.15, -0.1) is 0 Å². The monoisotopic (exact) mass is 976 g/mol. The van der Waals surface area contributed by atoms with Crippen LogP contribution in [-0.2, 0) is 28.8 Å². The summed E-state index contributed by atoms with van der Waals surface area (Å²) >= 11 is 0. The first-order valence-electron chi connectivity index (χ1n) is 13.6. The minimum absolute atomic E-state index is 0. The second-order valence-electron chi connectivity index (χ2n) is 9.04. The van der Waals surface area contributed by atoms with Crippen molar-refractivity contribution in [1.29, 1.82) is 0 Å². The Labute approximate surface area is 280 Å². The molecule has 0 aromatic rings. The Morgan fingerprint density at radius 2 is 0.341 bits per heavy atom. The number of hydrogen-bond donors (Lipinski definition) is 0. The van der Waals surface area contributed by atoms with E-state index in [0.29, 0.717) is 38.5 Å². The average Bonchev–Trinajstić information content (AvgIpc) is 2.82. The van der Waals surface area contributed by atoms with Gasteiger partial charge in [-0.25, -0.2) is 0 Å². The summed E-state index contributed by atoms with van der Waals surface area (Å²) in [4.78, 5) is 59.9. The first-order valence-corrected chi connectivity index (χ1v) is 13.6. The van der Waals surface area contributed by atoms with E-state index in [4.69, 9.17) is 0 Å². The van der Waals surface area contributed by atoms with Crippen molar-refractivity contribution in [3.63, 3.8) is 0 Å². The van der Waals surface area contributed by atoms with Gasteiger partial charge in [-0.3, -0.25) is 0 Å². The molecule has 232 valence electrons. The van der Waals surface area contributed by atoms with E-state index >= 15 is 0 Å². The van der Waals surface area contributed by atoms with Gasteiger partial charge in [0.05, 0.1) is 0 Å². The predicted octanol–water partition coefficient (Wildman–Crippen LogP) is -3.11. The third kappa shape index (κ3) is 63.2. The van der Waals surface area contributed by atoms with Crippen molar-refractivity contribution < 1.29 is 59.4 Å². The zero-order valence-corrected chi connectivity index (χ0v) is 30.6.